The highest BCUT2D eigenvalue weighted by molar-refractivity contribution is 7.26. The predicted molar refractivity (Wildman–Crippen MR) is 216 cm³/mol. The van der Waals surface area contributed by atoms with Crippen LogP contribution >= 0.6 is 11.3 Å². The molecule has 0 fully saturated rings. The molecular weight excluding hydrogens is 657 g/mol. The monoisotopic (exact) mass is 682 g/mol. The molecule has 12 aromatic rings. The first-order chi connectivity index (χ1) is 25.8. The lowest BCUT2D eigenvalue weighted by atomic mass is 10.1. The van der Waals surface area contributed by atoms with Gasteiger partial charge in [-0.25, -0.2) is 9.97 Å². The molecule has 0 saturated carbocycles. The summed E-state index contributed by atoms with van der Waals surface area (Å²) in [5.74, 6) is 0. The number of rotatable bonds is 3. The summed E-state index contributed by atoms with van der Waals surface area (Å²) in [5.41, 5.74) is 10.8. The summed E-state index contributed by atoms with van der Waals surface area (Å²) in [4.78, 5) is 9.61. The van der Waals surface area contributed by atoms with Crippen LogP contribution < -0.4 is 0 Å². The van der Waals surface area contributed by atoms with E-state index in [0.717, 1.165) is 39.1 Å². The second-order valence-electron chi connectivity index (χ2n) is 13.4. The van der Waals surface area contributed by atoms with Crippen molar-refractivity contribution >= 4 is 97.2 Å². The minimum atomic E-state index is 0.684. The molecule has 5 aromatic heterocycles. The fraction of sp³-hybridized carbons (Fsp3) is 0. The molecule has 0 bridgehead atoms. The van der Waals surface area contributed by atoms with Gasteiger partial charge >= 0.3 is 0 Å². The number of benzene rings is 7. The maximum Gasteiger partial charge on any atom is 0.180 e. The molecule has 0 atom stereocenters. The van der Waals surface area contributed by atoms with Crippen LogP contribution in [0.1, 0.15) is 0 Å². The van der Waals surface area contributed by atoms with Crippen molar-refractivity contribution in [1.82, 2.24) is 19.1 Å². The van der Waals surface area contributed by atoms with Gasteiger partial charge in [0.1, 0.15) is 23.1 Å². The number of fused-ring (bicyclic) bond motifs is 13. The zero-order valence-corrected chi connectivity index (χ0v) is 28.4. The third-order valence-corrected chi connectivity index (χ3v) is 11.8. The molecule has 0 N–H and O–H groups in total. The number of hydrogen-bond acceptors (Lipinski definition) is 4. The summed E-state index contributed by atoms with van der Waals surface area (Å²) in [6.45, 7) is 0. The minimum Gasteiger partial charge on any atom is -0.452 e. The summed E-state index contributed by atoms with van der Waals surface area (Å²) in [7, 11) is 0. The zero-order valence-electron chi connectivity index (χ0n) is 27.6. The third-order valence-electron chi connectivity index (χ3n) is 10.6. The van der Waals surface area contributed by atoms with E-state index in [0.29, 0.717) is 5.58 Å². The second-order valence-corrected chi connectivity index (χ2v) is 14.4. The van der Waals surface area contributed by atoms with Crippen LogP contribution in [0.25, 0.3) is 108 Å². The van der Waals surface area contributed by atoms with E-state index in [-0.39, 0.29) is 0 Å². The van der Waals surface area contributed by atoms with Gasteiger partial charge < -0.3 is 13.6 Å². The molecule has 5 nitrogen and oxygen atoms in total. The van der Waals surface area contributed by atoms with Crippen LogP contribution in [0.5, 0.6) is 0 Å². The van der Waals surface area contributed by atoms with Gasteiger partial charge in [0.05, 0.1) is 22.1 Å². The maximum atomic E-state index is 6.61. The van der Waals surface area contributed by atoms with Crippen molar-refractivity contribution in [2.75, 3.05) is 0 Å². The van der Waals surface area contributed by atoms with Crippen molar-refractivity contribution in [3.05, 3.63) is 158 Å². The van der Waals surface area contributed by atoms with E-state index < -0.39 is 0 Å². The topological polar surface area (TPSA) is 48.8 Å². The van der Waals surface area contributed by atoms with Gasteiger partial charge in [0.25, 0.3) is 0 Å². The molecule has 6 heteroatoms. The van der Waals surface area contributed by atoms with Gasteiger partial charge in [-0.2, -0.15) is 0 Å². The van der Waals surface area contributed by atoms with Gasteiger partial charge in [-0.15, -0.1) is 11.3 Å². The van der Waals surface area contributed by atoms with Gasteiger partial charge in [0, 0.05) is 64.0 Å². The lowest BCUT2D eigenvalue weighted by molar-refractivity contribution is 0.667. The first kappa shape index (κ1) is 28.0. The van der Waals surface area contributed by atoms with Crippen LogP contribution in [-0.4, -0.2) is 19.1 Å². The number of nitrogens with zero attached hydrogens (tertiary/aromatic N) is 4. The van der Waals surface area contributed by atoms with Crippen LogP contribution in [0.4, 0.5) is 0 Å². The molecule has 0 saturated heterocycles. The van der Waals surface area contributed by atoms with Crippen LogP contribution in [-0.2, 0) is 0 Å². The Hall–Kier alpha value is -6.76. The van der Waals surface area contributed by atoms with Crippen molar-refractivity contribution in [3.8, 4) is 22.6 Å². The first-order valence-electron chi connectivity index (χ1n) is 17.4. The highest BCUT2D eigenvalue weighted by Gasteiger charge is 2.20. The standard InChI is InChI=1S/C46H26N4OS/c1-5-16-36-30(12-1)31-13-2-6-17-37(31)49(36)28-11-9-10-27(24-28)43-45-44(48-26-47-43)35-25-29(20-23-40(35)51-45)50-38-18-7-3-15-34(38)42-39(50)22-21-33-32-14-4-8-19-41(32)52-46(33)42/h1-26H. The first-order valence-corrected chi connectivity index (χ1v) is 18.2. The maximum absolute atomic E-state index is 6.61. The lowest BCUT2D eigenvalue weighted by Gasteiger charge is -2.10. The molecule has 0 spiro atoms. The van der Waals surface area contributed by atoms with Gasteiger partial charge in [-0.1, -0.05) is 91.0 Å². The van der Waals surface area contributed by atoms with E-state index >= 15 is 0 Å². The summed E-state index contributed by atoms with van der Waals surface area (Å²) < 4.78 is 13.9. The minimum absolute atomic E-state index is 0.684. The third kappa shape index (κ3) is 3.76. The smallest absolute Gasteiger partial charge is 0.180 e. The average molecular weight is 683 g/mol. The molecule has 242 valence electrons. The Kier molecular flexibility index (Phi) is 5.59. The fourth-order valence-corrected chi connectivity index (χ4v) is 9.67. The molecule has 0 radical (unpaired) electrons. The lowest BCUT2D eigenvalue weighted by Crippen LogP contribution is -1.95. The van der Waals surface area contributed by atoms with Crippen LogP contribution in [0, 0.1) is 0 Å². The largest absolute Gasteiger partial charge is 0.452 e. The van der Waals surface area contributed by atoms with Gasteiger partial charge in [0.2, 0.25) is 0 Å². The number of hydrogen-bond donors (Lipinski definition) is 0. The van der Waals surface area contributed by atoms with E-state index in [4.69, 9.17) is 14.4 Å². The Labute approximate surface area is 300 Å². The van der Waals surface area contributed by atoms with E-state index in [1.54, 1.807) is 6.33 Å². The van der Waals surface area contributed by atoms with Crippen molar-refractivity contribution in [2.45, 2.75) is 0 Å². The number of aromatic nitrogens is 4. The Bertz CT molecular complexity index is 3380. The molecule has 52 heavy (non-hydrogen) atoms. The Morgan fingerprint density at radius 2 is 1.15 bits per heavy atom. The van der Waals surface area contributed by atoms with Crippen LogP contribution in [0.15, 0.2) is 162 Å². The van der Waals surface area contributed by atoms with Crippen LogP contribution in [0.2, 0.25) is 0 Å². The summed E-state index contributed by atoms with van der Waals surface area (Å²) >= 11 is 1.87. The Balaban J connectivity index is 1.05. The Morgan fingerprint density at radius 3 is 1.96 bits per heavy atom. The molecule has 0 amide bonds. The Morgan fingerprint density at radius 1 is 0.481 bits per heavy atom. The van der Waals surface area contributed by atoms with Gasteiger partial charge in [-0.05, 0) is 60.7 Å². The van der Waals surface area contributed by atoms with Gasteiger partial charge in [-0.3, -0.25) is 0 Å². The molecule has 0 aliphatic rings. The van der Waals surface area contributed by atoms with E-state index in [1.807, 2.05) is 11.3 Å². The SMILES string of the molecule is c1cc(-c2ncnc3c2oc2ccc(-n4c5ccccc5c5c6sc7ccccc7c6ccc54)cc23)cc(-n2c3ccccc3c3ccccc32)c1. The van der Waals surface area contributed by atoms with Crippen molar-refractivity contribution in [3.63, 3.8) is 0 Å². The zero-order chi connectivity index (χ0) is 33.9. The summed E-state index contributed by atoms with van der Waals surface area (Å²) in [6, 6.07) is 54.1. The van der Waals surface area contributed by atoms with Crippen molar-refractivity contribution in [1.29, 1.82) is 0 Å². The molecule has 7 aromatic carbocycles. The summed E-state index contributed by atoms with van der Waals surface area (Å²) in [5, 5.41) is 8.58. The van der Waals surface area contributed by atoms with E-state index in [2.05, 4.69) is 161 Å². The molecule has 0 unspecified atom stereocenters. The molecule has 0 aliphatic carbocycles. The quantitative estimate of drug-likeness (QED) is 0.186. The number of furan rings is 1. The molecule has 0 aliphatic heterocycles. The number of thiophene rings is 1. The highest BCUT2D eigenvalue weighted by Crippen LogP contribution is 2.44. The molecular formula is C46H26N4OS. The normalized spacial score (nSPS) is 12.2. The average Bonchev–Trinajstić information content (AvgIpc) is 3.95. The second kappa shape index (κ2) is 10.4. The van der Waals surface area contributed by atoms with Crippen molar-refractivity contribution in [2.24, 2.45) is 0 Å². The van der Waals surface area contributed by atoms with E-state index in [9.17, 15) is 0 Å². The number of para-hydroxylation sites is 3. The fourth-order valence-electron chi connectivity index (χ4n) is 8.42. The predicted octanol–water partition coefficient (Wildman–Crippen LogP) is 12.6. The highest BCUT2D eigenvalue weighted by atomic mass is 32.1. The van der Waals surface area contributed by atoms with Crippen molar-refractivity contribution < 1.29 is 4.42 Å². The molecule has 5 heterocycles. The van der Waals surface area contributed by atoms with Gasteiger partial charge in [0.15, 0.2) is 5.58 Å². The summed E-state index contributed by atoms with van der Waals surface area (Å²) in [6.07, 6.45) is 1.66. The van der Waals surface area contributed by atoms with Crippen LogP contribution in [0.3, 0.4) is 0 Å². The van der Waals surface area contributed by atoms with E-state index in [1.165, 1.54) is 63.8 Å². The molecule has 12 rings (SSSR count).